The lowest BCUT2D eigenvalue weighted by molar-refractivity contribution is -0.146. The molecule has 0 spiro atoms. The summed E-state index contributed by atoms with van der Waals surface area (Å²) in [5.41, 5.74) is -1.44. The predicted octanol–water partition coefficient (Wildman–Crippen LogP) is 0.701. The maximum absolute atomic E-state index is 12.6. The number of aromatic nitrogens is 2. The van der Waals surface area contributed by atoms with Gasteiger partial charge in [0, 0.05) is 13.6 Å². The minimum Gasteiger partial charge on any atom is -0.480 e. The molecule has 1 atom stereocenters. The summed E-state index contributed by atoms with van der Waals surface area (Å²) in [6.45, 7) is 1.57. The molecule has 0 bridgehead atoms. The molecule has 1 saturated heterocycles. The molecule has 1 N–H and O–H groups in total. The van der Waals surface area contributed by atoms with Crippen LogP contribution in [-0.2, 0) is 21.9 Å². The zero-order valence-corrected chi connectivity index (χ0v) is 12.1. The van der Waals surface area contributed by atoms with Crippen molar-refractivity contribution in [2.75, 3.05) is 6.54 Å². The van der Waals surface area contributed by atoms with Crippen LogP contribution in [0.25, 0.3) is 0 Å². The van der Waals surface area contributed by atoms with E-state index in [0.29, 0.717) is 6.42 Å². The number of carboxylic acid groups (broad SMARTS) is 1. The van der Waals surface area contributed by atoms with Crippen molar-refractivity contribution >= 4 is 27.6 Å². The highest BCUT2D eigenvalue weighted by molar-refractivity contribution is 7.89. The zero-order valence-electron chi connectivity index (χ0n) is 10.5. The van der Waals surface area contributed by atoms with Crippen molar-refractivity contribution in [1.29, 1.82) is 0 Å². The number of sulfonamides is 1. The highest BCUT2D eigenvalue weighted by Crippen LogP contribution is 2.36. The molecule has 0 saturated carbocycles. The molecule has 1 aromatic heterocycles. The van der Waals surface area contributed by atoms with Crippen LogP contribution in [0.5, 0.6) is 0 Å². The molecular weight excluding hydrogens is 294 g/mol. The van der Waals surface area contributed by atoms with Gasteiger partial charge in [-0.3, -0.25) is 9.48 Å². The Bertz CT molecular complexity index is 607. The van der Waals surface area contributed by atoms with E-state index >= 15 is 0 Å². The number of nitrogens with zero attached hydrogens (tertiary/aromatic N) is 3. The van der Waals surface area contributed by atoms with Gasteiger partial charge in [0.25, 0.3) is 10.0 Å². The van der Waals surface area contributed by atoms with Crippen LogP contribution in [0.2, 0.25) is 5.02 Å². The summed E-state index contributed by atoms with van der Waals surface area (Å²) >= 11 is 5.84. The number of hydrogen-bond acceptors (Lipinski definition) is 4. The first-order chi connectivity index (χ1) is 8.71. The Kier molecular flexibility index (Phi) is 3.36. The van der Waals surface area contributed by atoms with E-state index in [1.54, 1.807) is 0 Å². The first-order valence-electron chi connectivity index (χ1n) is 5.65. The Hall–Kier alpha value is -1.12. The third-order valence-corrected chi connectivity index (χ3v) is 5.94. The molecule has 9 heteroatoms. The second kappa shape index (κ2) is 4.46. The smallest absolute Gasteiger partial charge is 0.324 e. The SMILES string of the molecule is Cn1ncc(Cl)c1S(=O)(=O)N1CCCC1(C)C(=O)O. The van der Waals surface area contributed by atoms with Gasteiger partial charge in [0.05, 0.1) is 11.2 Å². The molecule has 0 amide bonds. The maximum atomic E-state index is 12.6. The van der Waals surface area contributed by atoms with Gasteiger partial charge in [0.15, 0.2) is 5.03 Å². The van der Waals surface area contributed by atoms with E-state index in [2.05, 4.69) is 5.10 Å². The number of hydrogen-bond donors (Lipinski definition) is 1. The Balaban J connectivity index is 2.55. The normalized spacial score (nSPS) is 24.8. The standard InChI is InChI=1S/C10H14ClN3O4S/c1-10(9(15)16)4-3-5-14(10)19(17,18)8-7(11)6-12-13(8)2/h6H,3-5H2,1-2H3,(H,15,16). The largest absolute Gasteiger partial charge is 0.480 e. The first-order valence-corrected chi connectivity index (χ1v) is 7.47. The van der Waals surface area contributed by atoms with Gasteiger partial charge in [-0.1, -0.05) is 11.6 Å². The summed E-state index contributed by atoms with van der Waals surface area (Å²) in [5, 5.41) is 12.9. The highest BCUT2D eigenvalue weighted by atomic mass is 35.5. The molecule has 1 unspecified atom stereocenters. The van der Waals surface area contributed by atoms with E-state index in [1.807, 2.05) is 0 Å². The highest BCUT2D eigenvalue weighted by Gasteiger charge is 2.50. The minimum absolute atomic E-state index is 0.0119. The number of aliphatic carboxylic acids is 1. The van der Waals surface area contributed by atoms with Crippen LogP contribution in [0.1, 0.15) is 19.8 Å². The molecule has 0 aliphatic carbocycles. The van der Waals surface area contributed by atoms with Crippen molar-refractivity contribution in [1.82, 2.24) is 14.1 Å². The van der Waals surface area contributed by atoms with E-state index in [9.17, 15) is 18.3 Å². The van der Waals surface area contributed by atoms with Crippen LogP contribution in [0, 0.1) is 0 Å². The van der Waals surface area contributed by atoms with E-state index in [1.165, 1.54) is 20.2 Å². The molecule has 0 aromatic carbocycles. The summed E-state index contributed by atoms with van der Waals surface area (Å²) < 4.78 is 27.3. The predicted molar refractivity (Wildman–Crippen MR) is 67.4 cm³/mol. The van der Waals surface area contributed by atoms with Gasteiger partial charge in [-0.15, -0.1) is 0 Å². The molecule has 106 valence electrons. The molecule has 19 heavy (non-hydrogen) atoms. The molecule has 7 nitrogen and oxygen atoms in total. The van der Waals surface area contributed by atoms with Crippen molar-refractivity contribution in [3.8, 4) is 0 Å². The molecule has 1 aliphatic heterocycles. The van der Waals surface area contributed by atoms with E-state index in [-0.39, 0.29) is 23.0 Å². The third kappa shape index (κ3) is 2.03. The van der Waals surface area contributed by atoms with Crippen molar-refractivity contribution in [2.45, 2.75) is 30.3 Å². The third-order valence-electron chi connectivity index (χ3n) is 3.41. The van der Waals surface area contributed by atoms with Gasteiger partial charge in [-0.25, -0.2) is 8.42 Å². The number of halogens is 1. The fourth-order valence-electron chi connectivity index (χ4n) is 2.33. The van der Waals surface area contributed by atoms with Gasteiger partial charge >= 0.3 is 5.97 Å². The maximum Gasteiger partial charge on any atom is 0.324 e. The quantitative estimate of drug-likeness (QED) is 0.887. The average Bonchev–Trinajstić information content (AvgIpc) is 2.84. The lowest BCUT2D eigenvalue weighted by Crippen LogP contribution is -2.51. The van der Waals surface area contributed by atoms with Gasteiger partial charge < -0.3 is 5.11 Å². The summed E-state index contributed by atoms with van der Waals surface area (Å²) in [7, 11) is -2.54. The van der Waals surface area contributed by atoms with E-state index in [4.69, 9.17) is 11.6 Å². The Morgan fingerprint density at radius 2 is 2.21 bits per heavy atom. The minimum atomic E-state index is -3.99. The molecule has 1 aromatic rings. The van der Waals surface area contributed by atoms with Crippen molar-refractivity contribution in [3.63, 3.8) is 0 Å². The monoisotopic (exact) mass is 307 g/mol. The number of carboxylic acids is 1. The van der Waals surface area contributed by atoms with Crippen molar-refractivity contribution in [2.24, 2.45) is 7.05 Å². The number of aryl methyl sites for hydroxylation is 1. The first kappa shape index (κ1) is 14.3. The molecule has 0 radical (unpaired) electrons. The molecule has 2 heterocycles. The van der Waals surface area contributed by atoms with E-state index < -0.39 is 21.5 Å². The van der Waals surface area contributed by atoms with Crippen molar-refractivity contribution < 1.29 is 18.3 Å². The Labute approximate surface area is 115 Å². The summed E-state index contributed by atoms with van der Waals surface area (Å²) in [6.07, 6.45) is 2.00. The Morgan fingerprint density at radius 3 is 2.68 bits per heavy atom. The van der Waals surface area contributed by atoms with Crippen molar-refractivity contribution in [3.05, 3.63) is 11.2 Å². The number of rotatable bonds is 3. The van der Waals surface area contributed by atoms with E-state index in [0.717, 1.165) is 8.99 Å². The molecular formula is C10H14ClN3O4S. The van der Waals surface area contributed by atoms with Gasteiger partial charge in [0.1, 0.15) is 5.54 Å². The van der Waals surface area contributed by atoms with Gasteiger partial charge in [-0.2, -0.15) is 9.40 Å². The summed E-state index contributed by atoms with van der Waals surface area (Å²) in [6, 6.07) is 0. The zero-order chi connectivity index (χ0) is 14.4. The van der Waals surface area contributed by atoms with Crippen LogP contribution in [0.15, 0.2) is 11.2 Å². The van der Waals surface area contributed by atoms with Crippen LogP contribution < -0.4 is 0 Å². The summed E-state index contributed by atoms with van der Waals surface area (Å²) in [5.74, 6) is -1.16. The summed E-state index contributed by atoms with van der Waals surface area (Å²) in [4.78, 5) is 11.4. The lowest BCUT2D eigenvalue weighted by atomic mass is 10.0. The lowest BCUT2D eigenvalue weighted by Gasteiger charge is -2.30. The van der Waals surface area contributed by atoms with Crippen LogP contribution in [0.3, 0.4) is 0 Å². The molecule has 1 aliphatic rings. The van der Waals surface area contributed by atoms with Gasteiger partial charge in [0.2, 0.25) is 0 Å². The number of carbonyl (C=O) groups is 1. The van der Waals surface area contributed by atoms with Crippen LogP contribution >= 0.6 is 11.6 Å². The van der Waals surface area contributed by atoms with Crippen LogP contribution in [-0.4, -0.2) is 45.7 Å². The Morgan fingerprint density at radius 1 is 1.58 bits per heavy atom. The second-order valence-corrected chi connectivity index (χ2v) is 6.87. The second-order valence-electron chi connectivity index (χ2n) is 4.68. The topological polar surface area (TPSA) is 92.5 Å². The molecule has 1 fully saturated rings. The van der Waals surface area contributed by atoms with Gasteiger partial charge in [-0.05, 0) is 19.8 Å². The van der Waals surface area contributed by atoms with Crippen LogP contribution in [0.4, 0.5) is 0 Å². The molecule has 2 rings (SSSR count). The fourth-order valence-corrected chi connectivity index (χ4v) is 4.75. The fraction of sp³-hybridized carbons (Fsp3) is 0.600. The average molecular weight is 308 g/mol.